The largest absolute Gasteiger partial charge is 0.393 e. The lowest BCUT2D eigenvalue weighted by Crippen LogP contribution is -2.40. The van der Waals surface area contributed by atoms with Gasteiger partial charge in [0.2, 0.25) is 10.0 Å². The van der Waals surface area contributed by atoms with E-state index in [-0.39, 0.29) is 11.6 Å². The fraction of sp³-hybridized carbons (Fsp3) is 0.368. The fourth-order valence-corrected chi connectivity index (χ4v) is 4.82. The maximum absolute atomic E-state index is 14.2. The number of aliphatic hydroxyl groups excluding tert-OH is 1. The molecule has 2 unspecified atom stereocenters. The first-order chi connectivity index (χ1) is 13.2. The summed E-state index contributed by atoms with van der Waals surface area (Å²) in [6, 6.07) is 7.53. The monoisotopic (exact) mass is 430 g/mol. The van der Waals surface area contributed by atoms with Crippen molar-refractivity contribution in [3.05, 3.63) is 58.6 Å². The molecule has 0 aliphatic heterocycles. The molecule has 3 N–H and O–H groups in total. The Morgan fingerprint density at radius 1 is 1.11 bits per heavy atom. The first-order valence-corrected chi connectivity index (χ1v) is 10.8. The van der Waals surface area contributed by atoms with E-state index in [2.05, 4.69) is 10.0 Å². The molecule has 0 saturated heterocycles. The molecule has 152 valence electrons. The molecule has 0 radical (unpaired) electrons. The topological polar surface area (TPSA) is 78.4 Å². The molecule has 1 aliphatic carbocycles. The van der Waals surface area contributed by atoms with Crippen LogP contribution in [0, 0.1) is 11.6 Å². The Morgan fingerprint density at radius 3 is 2.57 bits per heavy atom. The van der Waals surface area contributed by atoms with E-state index in [4.69, 9.17) is 11.6 Å². The van der Waals surface area contributed by atoms with Gasteiger partial charge in [0.05, 0.1) is 11.1 Å². The van der Waals surface area contributed by atoms with Crippen LogP contribution < -0.4 is 10.0 Å². The van der Waals surface area contributed by atoms with Gasteiger partial charge < -0.3 is 10.4 Å². The number of rotatable bonds is 6. The van der Waals surface area contributed by atoms with Crippen molar-refractivity contribution in [2.75, 3.05) is 5.32 Å². The lowest BCUT2D eigenvalue weighted by Gasteiger charge is -2.26. The van der Waals surface area contributed by atoms with Crippen molar-refractivity contribution in [2.24, 2.45) is 0 Å². The lowest BCUT2D eigenvalue weighted by atomic mass is 9.94. The molecule has 1 saturated carbocycles. The van der Waals surface area contributed by atoms with Gasteiger partial charge in [-0.25, -0.2) is 21.9 Å². The van der Waals surface area contributed by atoms with Crippen LogP contribution in [0.1, 0.15) is 31.2 Å². The van der Waals surface area contributed by atoms with Gasteiger partial charge in [-0.05, 0) is 61.6 Å². The molecular formula is C19H21ClF2N2O3S. The van der Waals surface area contributed by atoms with E-state index in [1.54, 1.807) is 0 Å². The van der Waals surface area contributed by atoms with Crippen molar-refractivity contribution in [3.63, 3.8) is 0 Å². The molecule has 1 aliphatic rings. The highest BCUT2D eigenvalue weighted by atomic mass is 35.5. The van der Waals surface area contributed by atoms with Crippen LogP contribution in [-0.2, 0) is 16.6 Å². The third kappa shape index (κ3) is 5.20. The number of halogens is 3. The highest BCUT2D eigenvalue weighted by Crippen LogP contribution is 2.23. The van der Waals surface area contributed by atoms with E-state index in [1.807, 2.05) is 0 Å². The van der Waals surface area contributed by atoms with Crippen molar-refractivity contribution in [2.45, 2.75) is 49.3 Å². The second kappa shape index (κ2) is 8.73. The summed E-state index contributed by atoms with van der Waals surface area (Å²) in [5.74, 6) is -1.39. The molecule has 2 aromatic carbocycles. The van der Waals surface area contributed by atoms with Gasteiger partial charge in [0.15, 0.2) is 0 Å². The first-order valence-electron chi connectivity index (χ1n) is 8.92. The summed E-state index contributed by atoms with van der Waals surface area (Å²) in [4.78, 5) is -0.441. The van der Waals surface area contributed by atoms with Crippen molar-refractivity contribution in [1.29, 1.82) is 0 Å². The van der Waals surface area contributed by atoms with Gasteiger partial charge in [0.1, 0.15) is 16.5 Å². The van der Waals surface area contributed by atoms with Gasteiger partial charge >= 0.3 is 0 Å². The Balaban J connectivity index is 1.73. The number of hydrogen-bond donors (Lipinski definition) is 3. The first kappa shape index (κ1) is 21.0. The van der Waals surface area contributed by atoms with E-state index >= 15 is 0 Å². The summed E-state index contributed by atoms with van der Waals surface area (Å²) in [5, 5.41) is 12.7. The molecule has 3 rings (SSSR count). The molecule has 5 nitrogen and oxygen atoms in total. The number of benzene rings is 2. The van der Waals surface area contributed by atoms with Gasteiger partial charge in [0, 0.05) is 18.3 Å². The molecule has 28 heavy (non-hydrogen) atoms. The maximum atomic E-state index is 14.2. The van der Waals surface area contributed by atoms with Crippen LogP contribution >= 0.6 is 11.6 Å². The van der Waals surface area contributed by atoms with Crippen LogP contribution in [0.5, 0.6) is 0 Å². The summed E-state index contributed by atoms with van der Waals surface area (Å²) in [7, 11) is -4.07. The predicted molar refractivity (Wildman–Crippen MR) is 104 cm³/mol. The summed E-state index contributed by atoms with van der Waals surface area (Å²) < 4.78 is 55.2. The minimum Gasteiger partial charge on any atom is -0.393 e. The maximum Gasteiger partial charge on any atom is 0.243 e. The van der Waals surface area contributed by atoms with Crippen LogP contribution in [0.3, 0.4) is 0 Å². The van der Waals surface area contributed by atoms with Gasteiger partial charge in [-0.2, -0.15) is 0 Å². The second-order valence-corrected chi connectivity index (χ2v) is 8.98. The SMILES string of the molecule is O=S(=O)(NC1CCCC(O)C1)c1cc(CNc2ccc(F)c(Cl)c2)ccc1F. The average molecular weight is 431 g/mol. The Labute approximate surface area is 167 Å². The molecule has 0 bridgehead atoms. The molecule has 0 amide bonds. The summed E-state index contributed by atoms with van der Waals surface area (Å²) in [5.41, 5.74) is 1.08. The van der Waals surface area contributed by atoms with Gasteiger partial charge in [0.25, 0.3) is 0 Å². The molecular weight excluding hydrogens is 410 g/mol. The Hall–Kier alpha value is -1.74. The van der Waals surface area contributed by atoms with E-state index in [9.17, 15) is 22.3 Å². The summed E-state index contributed by atoms with van der Waals surface area (Å²) >= 11 is 5.73. The fourth-order valence-electron chi connectivity index (χ4n) is 3.23. The third-order valence-electron chi connectivity index (χ3n) is 4.67. The summed E-state index contributed by atoms with van der Waals surface area (Å²) in [6.07, 6.45) is 1.71. The van der Waals surface area contributed by atoms with Gasteiger partial charge in [-0.3, -0.25) is 0 Å². The zero-order chi connectivity index (χ0) is 20.3. The molecule has 0 heterocycles. The predicted octanol–water partition coefficient (Wildman–Crippen LogP) is 3.81. The standard InChI is InChI=1S/C19H21ClF2N2O3S/c20-16-10-13(5-7-17(16)21)23-11-12-4-6-18(22)19(8-12)28(26,27)24-14-2-1-3-15(25)9-14/h4-8,10,14-15,23-25H,1-3,9,11H2. The molecule has 1 fully saturated rings. The highest BCUT2D eigenvalue weighted by molar-refractivity contribution is 7.89. The lowest BCUT2D eigenvalue weighted by molar-refractivity contribution is 0.117. The van der Waals surface area contributed by atoms with Crippen LogP contribution in [-0.4, -0.2) is 25.7 Å². The van der Waals surface area contributed by atoms with E-state index in [0.717, 1.165) is 6.07 Å². The van der Waals surface area contributed by atoms with E-state index in [0.29, 0.717) is 36.9 Å². The molecule has 2 atom stereocenters. The van der Waals surface area contributed by atoms with Crippen LogP contribution in [0.25, 0.3) is 0 Å². The third-order valence-corrected chi connectivity index (χ3v) is 6.49. The molecule has 0 spiro atoms. The van der Waals surface area contributed by atoms with E-state index < -0.39 is 38.7 Å². The Bertz CT molecular complexity index is 956. The van der Waals surface area contributed by atoms with Crippen LogP contribution in [0.2, 0.25) is 5.02 Å². The van der Waals surface area contributed by atoms with Crippen molar-refractivity contribution >= 4 is 27.3 Å². The van der Waals surface area contributed by atoms with Crippen LogP contribution in [0.4, 0.5) is 14.5 Å². The molecule has 2 aromatic rings. The van der Waals surface area contributed by atoms with Crippen molar-refractivity contribution in [3.8, 4) is 0 Å². The normalized spacial score (nSPS) is 20.1. The highest BCUT2D eigenvalue weighted by Gasteiger charge is 2.27. The minimum atomic E-state index is -4.07. The van der Waals surface area contributed by atoms with Crippen molar-refractivity contribution < 1.29 is 22.3 Å². The minimum absolute atomic E-state index is 0.0359. The molecule has 9 heteroatoms. The quantitative estimate of drug-likeness (QED) is 0.651. The average Bonchev–Trinajstić information content (AvgIpc) is 2.63. The van der Waals surface area contributed by atoms with Crippen LogP contribution in [0.15, 0.2) is 41.3 Å². The Kier molecular flexibility index (Phi) is 6.54. The zero-order valence-electron chi connectivity index (χ0n) is 15.0. The second-order valence-electron chi connectivity index (χ2n) is 6.89. The van der Waals surface area contributed by atoms with Crippen molar-refractivity contribution in [1.82, 2.24) is 4.72 Å². The summed E-state index contributed by atoms with van der Waals surface area (Å²) in [6.45, 7) is 0.201. The van der Waals surface area contributed by atoms with Gasteiger partial charge in [-0.1, -0.05) is 17.7 Å². The number of hydrogen-bond acceptors (Lipinski definition) is 4. The van der Waals surface area contributed by atoms with E-state index in [1.165, 1.54) is 30.3 Å². The zero-order valence-corrected chi connectivity index (χ0v) is 16.5. The Morgan fingerprint density at radius 2 is 1.86 bits per heavy atom. The number of nitrogens with one attached hydrogen (secondary N) is 2. The van der Waals surface area contributed by atoms with Gasteiger partial charge in [-0.15, -0.1) is 0 Å². The smallest absolute Gasteiger partial charge is 0.243 e. The number of sulfonamides is 1. The number of aliphatic hydroxyl groups is 1. The number of anilines is 1. The molecule has 0 aromatic heterocycles.